The van der Waals surface area contributed by atoms with E-state index in [-0.39, 0.29) is 18.2 Å². The summed E-state index contributed by atoms with van der Waals surface area (Å²) in [4.78, 5) is 32.6. The van der Waals surface area contributed by atoms with Crippen LogP contribution in [0.25, 0.3) is 0 Å². The summed E-state index contributed by atoms with van der Waals surface area (Å²) in [5.74, 6) is 0.968. The van der Waals surface area contributed by atoms with Crippen LogP contribution in [0.2, 0.25) is 0 Å². The monoisotopic (exact) mass is 675 g/mol. The average Bonchev–Trinajstić information content (AvgIpc) is 3.70. The van der Waals surface area contributed by atoms with E-state index in [9.17, 15) is 14.7 Å². The van der Waals surface area contributed by atoms with E-state index in [4.69, 9.17) is 14.2 Å². The maximum absolute atomic E-state index is 13.7. The minimum absolute atomic E-state index is 0.0510. The summed E-state index contributed by atoms with van der Waals surface area (Å²) in [6.45, 7) is 5.33. The number of benzene rings is 4. The Balaban J connectivity index is 1.05. The van der Waals surface area contributed by atoms with Crippen LogP contribution in [0.1, 0.15) is 57.9 Å². The highest BCUT2D eigenvalue weighted by Crippen LogP contribution is 2.39. The van der Waals surface area contributed by atoms with Gasteiger partial charge in [0, 0.05) is 31.6 Å². The third-order valence-corrected chi connectivity index (χ3v) is 10.2. The van der Waals surface area contributed by atoms with Crippen molar-refractivity contribution in [2.45, 2.75) is 50.8 Å². The molecule has 0 radical (unpaired) electrons. The van der Waals surface area contributed by atoms with E-state index in [2.05, 4.69) is 4.90 Å². The summed E-state index contributed by atoms with van der Waals surface area (Å²) in [5, 5.41) is 10.7. The second kappa shape index (κ2) is 15.9. The van der Waals surface area contributed by atoms with Gasteiger partial charge < -0.3 is 29.1 Å². The van der Waals surface area contributed by atoms with E-state index in [1.54, 1.807) is 4.90 Å². The molecule has 4 heterocycles. The first-order valence-electron chi connectivity index (χ1n) is 17.7. The first-order chi connectivity index (χ1) is 24.5. The standard InChI is InChI=1S/C41H45N3O6/c45-40(43(23-20-38-48-24-25-49-38)27-30-8-3-1-4-9-30)34-16-14-31(15-17-34)29-50-36-13-7-12-35(26-36)39(33-10-5-2-6-11-33)44(41(46)47)37-28-42-21-18-32(37)19-22-42/h1-17,26,32,37-39H,18-25,27-29H2,(H,46,47)/t37-,39-/m0/s1. The van der Waals surface area contributed by atoms with Gasteiger partial charge in [-0.05, 0) is 78.4 Å². The smallest absolute Gasteiger partial charge is 0.408 e. The molecule has 2 atom stereocenters. The fourth-order valence-electron chi connectivity index (χ4n) is 7.60. The van der Waals surface area contributed by atoms with Crippen molar-refractivity contribution in [3.05, 3.63) is 137 Å². The molecule has 1 N–H and O–H groups in total. The second-order valence-electron chi connectivity index (χ2n) is 13.4. The fourth-order valence-corrected chi connectivity index (χ4v) is 7.60. The van der Waals surface area contributed by atoms with Gasteiger partial charge in [-0.15, -0.1) is 0 Å². The molecule has 4 aliphatic heterocycles. The maximum Gasteiger partial charge on any atom is 0.408 e. The SMILES string of the molecule is O=C(c1ccc(COc2cccc([C@H](c3ccccc3)N(C(=O)O)[C@H]3CN4CCC3CC4)c2)cc1)N(CCC1OCCO1)Cc1ccccc1. The van der Waals surface area contributed by atoms with Gasteiger partial charge in [-0.3, -0.25) is 9.69 Å². The van der Waals surface area contributed by atoms with Crippen LogP contribution in [0.4, 0.5) is 4.79 Å². The first-order valence-corrected chi connectivity index (χ1v) is 17.7. The Bertz CT molecular complexity index is 1710. The van der Waals surface area contributed by atoms with Crippen molar-refractivity contribution in [1.29, 1.82) is 0 Å². The summed E-state index contributed by atoms with van der Waals surface area (Å²) >= 11 is 0. The minimum atomic E-state index is -0.902. The zero-order chi connectivity index (χ0) is 34.3. The van der Waals surface area contributed by atoms with Gasteiger partial charge in [0.05, 0.1) is 25.3 Å². The lowest BCUT2D eigenvalue weighted by molar-refractivity contribution is -0.0505. The zero-order valence-corrected chi connectivity index (χ0v) is 28.3. The van der Waals surface area contributed by atoms with Gasteiger partial charge in [-0.1, -0.05) is 84.9 Å². The molecule has 260 valence electrons. The number of ether oxygens (including phenoxy) is 3. The first kappa shape index (κ1) is 33.8. The van der Waals surface area contributed by atoms with Crippen LogP contribution < -0.4 is 4.74 Å². The Morgan fingerprint density at radius 3 is 2.16 bits per heavy atom. The minimum Gasteiger partial charge on any atom is -0.489 e. The Morgan fingerprint density at radius 1 is 0.820 bits per heavy atom. The lowest BCUT2D eigenvalue weighted by atomic mass is 9.81. The van der Waals surface area contributed by atoms with E-state index >= 15 is 0 Å². The largest absolute Gasteiger partial charge is 0.489 e. The molecule has 0 unspecified atom stereocenters. The molecule has 0 spiro atoms. The third-order valence-electron chi connectivity index (χ3n) is 10.2. The molecule has 0 saturated carbocycles. The Hall–Kier alpha value is -4.70. The normalized spacial score (nSPS) is 20.7. The fraction of sp³-hybridized carbons (Fsp3) is 0.366. The van der Waals surface area contributed by atoms with Gasteiger partial charge in [0.15, 0.2) is 6.29 Å². The number of carboxylic acid groups (broad SMARTS) is 1. The number of hydrogen-bond donors (Lipinski definition) is 1. The van der Waals surface area contributed by atoms with E-state index in [1.807, 2.05) is 114 Å². The third kappa shape index (κ3) is 8.02. The Kier molecular flexibility index (Phi) is 10.7. The van der Waals surface area contributed by atoms with Gasteiger partial charge >= 0.3 is 6.09 Å². The summed E-state index contributed by atoms with van der Waals surface area (Å²) in [7, 11) is 0. The second-order valence-corrected chi connectivity index (χ2v) is 13.4. The number of rotatable bonds is 13. The molecule has 4 fully saturated rings. The molecule has 50 heavy (non-hydrogen) atoms. The van der Waals surface area contributed by atoms with Crippen LogP contribution in [0, 0.1) is 5.92 Å². The lowest BCUT2D eigenvalue weighted by Gasteiger charge is -2.50. The van der Waals surface area contributed by atoms with Crippen molar-refractivity contribution in [1.82, 2.24) is 14.7 Å². The van der Waals surface area contributed by atoms with Crippen molar-refractivity contribution in [3.8, 4) is 5.75 Å². The number of carbonyl (C=O) groups excluding carboxylic acids is 1. The highest BCUT2D eigenvalue weighted by atomic mass is 16.7. The number of amides is 2. The maximum atomic E-state index is 13.7. The highest BCUT2D eigenvalue weighted by Gasteiger charge is 2.43. The van der Waals surface area contributed by atoms with Crippen LogP contribution in [-0.2, 0) is 22.6 Å². The van der Waals surface area contributed by atoms with E-state index in [0.717, 1.165) is 54.7 Å². The molecule has 0 aliphatic carbocycles. The van der Waals surface area contributed by atoms with Crippen molar-refractivity contribution in [3.63, 3.8) is 0 Å². The van der Waals surface area contributed by atoms with Crippen molar-refractivity contribution in [2.75, 3.05) is 39.4 Å². The van der Waals surface area contributed by atoms with Gasteiger partial charge in [-0.25, -0.2) is 4.79 Å². The molecule has 0 aromatic heterocycles. The number of hydrogen-bond acceptors (Lipinski definition) is 6. The van der Waals surface area contributed by atoms with Gasteiger partial charge in [-0.2, -0.15) is 0 Å². The average molecular weight is 676 g/mol. The topological polar surface area (TPSA) is 91.8 Å². The van der Waals surface area contributed by atoms with Crippen molar-refractivity contribution in [2.24, 2.45) is 5.92 Å². The number of piperidine rings is 3. The molecule has 8 rings (SSSR count). The Labute approximate surface area is 294 Å². The molecule has 4 aromatic carbocycles. The molecular weight excluding hydrogens is 630 g/mol. The van der Waals surface area contributed by atoms with E-state index in [0.29, 0.717) is 56.6 Å². The molecule has 9 nitrogen and oxygen atoms in total. The summed E-state index contributed by atoms with van der Waals surface area (Å²) in [5.41, 5.74) is 4.40. The molecular formula is C41H45N3O6. The number of fused-ring (bicyclic) bond motifs is 3. The Morgan fingerprint density at radius 2 is 1.50 bits per heavy atom. The van der Waals surface area contributed by atoms with E-state index < -0.39 is 12.1 Å². The van der Waals surface area contributed by atoms with Crippen molar-refractivity contribution >= 4 is 12.0 Å². The molecule has 2 bridgehead atoms. The number of carbonyl (C=O) groups is 2. The molecule has 4 aliphatic rings. The molecule has 4 saturated heterocycles. The predicted octanol–water partition coefficient (Wildman–Crippen LogP) is 6.83. The summed E-state index contributed by atoms with van der Waals surface area (Å²) < 4.78 is 17.5. The van der Waals surface area contributed by atoms with Gasteiger partial charge in [0.2, 0.25) is 0 Å². The predicted molar refractivity (Wildman–Crippen MR) is 190 cm³/mol. The summed E-state index contributed by atoms with van der Waals surface area (Å²) in [6, 6.07) is 34.7. The lowest BCUT2D eigenvalue weighted by Crippen LogP contribution is -2.59. The summed E-state index contributed by atoms with van der Waals surface area (Å²) in [6.07, 6.45) is 1.48. The zero-order valence-electron chi connectivity index (χ0n) is 28.3. The van der Waals surface area contributed by atoms with Crippen LogP contribution in [0.5, 0.6) is 5.75 Å². The number of nitrogens with zero attached hydrogens (tertiary/aromatic N) is 3. The van der Waals surface area contributed by atoms with Gasteiger partial charge in [0.1, 0.15) is 12.4 Å². The molecule has 4 aromatic rings. The van der Waals surface area contributed by atoms with Crippen LogP contribution in [-0.4, -0.2) is 83.5 Å². The van der Waals surface area contributed by atoms with Crippen LogP contribution >= 0.6 is 0 Å². The quantitative estimate of drug-likeness (QED) is 0.166. The van der Waals surface area contributed by atoms with Gasteiger partial charge in [0.25, 0.3) is 5.91 Å². The van der Waals surface area contributed by atoms with Crippen LogP contribution in [0.3, 0.4) is 0 Å². The molecule has 2 amide bonds. The highest BCUT2D eigenvalue weighted by molar-refractivity contribution is 5.94. The van der Waals surface area contributed by atoms with Crippen LogP contribution in [0.15, 0.2) is 109 Å². The molecule has 9 heteroatoms. The van der Waals surface area contributed by atoms with E-state index in [1.165, 1.54) is 0 Å². The van der Waals surface area contributed by atoms with Crippen molar-refractivity contribution < 1.29 is 28.9 Å².